The van der Waals surface area contributed by atoms with Gasteiger partial charge in [-0.05, 0) is 35.4 Å². The summed E-state index contributed by atoms with van der Waals surface area (Å²) in [4.78, 5) is 0. The Kier molecular flexibility index (Phi) is 3.44. The summed E-state index contributed by atoms with van der Waals surface area (Å²) in [5.41, 5.74) is 1.45. The normalized spacial score (nSPS) is 11.3. The molecule has 2 aromatic rings. The number of hydrogen-bond acceptors (Lipinski definition) is 3. The van der Waals surface area contributed by atoms with Gasteiger partial charge in [-0.2, -0.15) is 0 Å². The van der Waals surface area contributed by atoms with Crippen molar-refractivity contribution in [3.8, 4) is 16.9 Å². The molecular formula is C13H12FNO3S. The van der Waals surface area contributed by atoms with Crippen LogP contribution in [0.25, 0.3) is 11.1 Å². The first-order valence-electron chi connectivity index (χ1n) is 5.41. The third-order valence-electron chi connectivity index (χ3n) is 2.38. The fourth-order valence-electron chi connectivity index (χ4n) is 1.72. The van der Waals surface area contributed by atoms with Crippen LogP contribution < -0.4 is 4.72 Å². The minimum Gasteiger partial charge on any atom is -0.508 e. The van der Waals surface area contributed by atoms with Gasteiger partial charge in [0, 0.05) is 11.8 Å². The van der Waals surface area contributed by atoms with E-state index in [0.29, 0.717) is 16.8 Å². The van der Waals surface area contributed by atoms with E-state index in [1.807, 2.05) is 0 Å². The van der Waals surface area contributed by atoms with Crippen molar-refractivity contribution in [3.05, 3.63) is 48.3 Å². The molecule has 2 rings (SSSR count). The maximum atomic E-state index is 13.2. The Morgan fingerprint density at radius 3 is 2.47 bits per heavy atom. The molecule has 0 aromatic heterocycles. The minimum atomic E-state index is -3.37. The maximum Gasteiger partial charge on any atom is 0.229 e. The second kappa shape index (κ2) is 4.89. The van der Waals surface area contributed by atoms with Gasteiger partial charge < -0.3 is 5.11 Å². The summed E-state index contributed by atoms with van der Waals surface area (Å²) in [5.74, 6) is -0.743. The molecule has 0 heterocycles. The summed E-state index contributed by atoms with van der Waals surface area (Å²) in [5, 5.41) is 9.36. The lowest BCUT2D eigenvalue weighted by Gasteiger charge is -2.07. The Hall–Kier alpha value is -2.08. The van der Waals surface area contributed by atoms with Crippen LogP contribution in [0, 0.1) is 5.82 Å². The number of benzene rings is 2. The quantitative estimate of drug-likeness (QED) is 0.908. The minimum absolute atomic E-state index is 0.184. The zero-order chi connectivity index (χ0) is 14.0. The number of halogens is 1. The van der Waals surface area contributed by atoms with Crippen LogP contribution in [0.1, 0.15) is 0 Å². The highest BCUT2D eigenvalue weighted by molar-refractivity contribution is 7.92. The van der Waals surface area contributed by atoms with E-state index >= 15 is 0 Å². The van der Waals surface area contributed by atoms with Gasteiger partial charge in [0.1, 0.15) is 11.6 Å². The SMILES string of the molecule is CS(=O)(=O)Nc1cccc(-c2cc(O)cc(F)c2)c1. The van der Waals surface area contributed by atoms with Crippen molar-refractivity contribution in [2.45, 2.75) is 0 Å². The lowest BCUT2D eigenvalue weighted by Crippen LogP contribution is -2.09. The maximum absolute atomic E-state index is 13.2. The van der Waals surface area contributed by atoms with Gasteiger partial charge in [-0.1, -0.05) is 12.1 Å². The van der Waals surface area contributed by atoms with Crippen LogP contribution in [0.3, 0.4) is 0 Å². The van der Waals surface area contributed by atoms with Gasteiger partial charge in [0.05, 0.1) is 6.26 Å². The highest BCUT2D eigenvalue weighted by atomic mass is 32.2. The fraction of sp³-hybridized carbons (Fsp3) is 0.0769. The van der Waals surface area contributed by atoms with Crippen molar-refractivity contribution in [2.24, 2.45) is 0 Å². The first-order chi connectivity index (χ1) is 8.83. The number of nitrogens with one attached hydrogen (secondary N) is 1. The molecule has 2 aromatic carbocycles. The van der Waals surface area contributed by atoms with Crippen LogP contribution in [0.4, 0.5) is 10.1 Å². The molecule has 0 aliphatic rings. The first kappa shape index (κ1) is 13.4. The molecule has 0 saturated carbocycles. The van der Waals surface area contributed by atoms with E-state index in [1.54, 1.807) is 24.3 Å². The largest absolute Gasteiger partial charge is 0.508 e. The number of phenolic OH excluding ortho intramolecular Hbond substituents is 1. The van der Waals surface area contributed by atoms with Gasteiger partial charge in [0.25, 0.3) is 0 Å². The van der Waals surface area contributed by atoms with E-state index in [1.165, 1.54) is 12.1 Å². The molecule has 0 saturated heterocycles. The predicted octanol–water partition coefficient (Wildman–Crippen LogP) is 2.57. The molecule has 0 spiro atoms. The molecule has 0 bridgehead atoms. The second-order valence-corrected chi connectivity index (χ2v) is 5.90. The Morgan fingerprint density at radius 1 is 1.11 bits per heavy atom. The summed E-state index contributed by atoms with van der Waals surface area (Å²) in [7, 11) is -3.37. The molecule has 100 valence electrons. The summed E-state index contributed by atoms with van der Waals surface area (Å²) in [6.45, 7) is 0. The van der Waals surface area contributed by atoms with E-state index in [-0.39, 0.29) is 5.75 Å². The molecule has 0 radical (unpaired) electrons. The Morgan fingerprint density at radius 2 is 1.84 bits per heavy atom. The third-order valence-corrected chi connectivity index (χ3v) is 2.99. The van der Waals surface area contributed by atoms with E-state index in [4.69, 9.17) is 0 Å². The topological polar surface area (TPSA) is 66.4 Å². The highest BCUT2D eigenvalue weighted by Gasteiger charge is 2.06. The molecule has 0 aliphatic carbocycles. The van der Waals surface area contributed by atoms with E-state index in [9.17, 15) is 17.9 Å². The fourth-order valence-corrected chi connectivity index (χ4v) is 2.27. The summed E-state index contributed by atoms with van der Waals surface area (Å²) < 4.78 is 37.8. The van der Waals surface area contributed by atoms with E-state index in [2.05, 4.69) is 4.72 Å². The molecule has 0 fully saturated rings. The Bertz CT molecular complexity index is 693. The van der Waals surface area contributed by atoms with Crippen LogP contribution in [0.15, 0.2) is 42.5 Å². The molecule has 6 heteroatoms. The standard InChI is InChI=1S/C13H12FNO3S/c1-19(17,18)15-12-4-2-3-9(6-12)10-5-11(14)8-13(16)7-10/h2-8,15-16H,1H3. The smallest absolute Gasteiger partial charge is 0.229 e. The van der Waals surface area contributed by atoms with Crippen LogP contribution in [0.5, 0.6) is 5.75 Å². The second-order valence-electron chi connectivity index (χ2n) is 4.15. The first-order valence-corrected chi connectivity index (χ1v) is 7.30. The molecule has 2 N–H and O–H groups in total. The molecule has 0 aliphatic heterocycles. The number of anilines is 1. The summed E-state index contributed by atoms with van der Waals surface area (Å²) >= 11 is 0. The van der Waals surface area contributed by atoms with Crippen molar-refractivity contribution in [1.29, 1.82) is 0 Å². The highest BCUT2D eigenvalue weighted by Crippen LogP contribution is 2.27. The summed E-state index contributed by atoms with van der Waals surface area (Å²) in [6, 6.07) is 10.2. The van der Waals surface area contributed by atoms with Crippen LogP contribution in [-0.4, -0.2) is 19.8 Å². The van der Waals surface area contributed by atoms with Gasteiger partial charge >= 0.3 is 0 Å². The predicted molar refractivity (Wildman–Crippen MR) is 72.0 cm³/mol. The average Bonchev–Trinajstić information content (AvgIpc) is 2.25. The van der Waals surface area contributed by atoms with Crippen molar-refractivity contribution < 1.29 is 17.9 Å². The zero-order valence-electron chi connectivity index (χ0n) is 10.1. The van der Waals surface area contributed by atoms with Crippen molar-refractivity contribution in [1.82, 2.24) is 0 Å². The van der Waals surface area contributed by atoms with Crippen molar-refractivity contribution in [3.63, 3.8) is 0 Å². The molecule has 0 atom stereocenters. The van der Waals surface area contributed by atoms with E-state index in [0.717, 1.165) is 12.3 Å². The van der Waals surface area contributed by atoms with Crippen LogP contribution in [-0.2, 0) is 10.0 Å². The molecule has 0 amide bonds. The molecule has 0 unspecified atom stereocenters. The lowest BCUT2D eigenvalue weighted by molar-refractivity contribution is 0.469. The van der Waals surface area contributed by atoms with Gasteiger partial charge in [0.15, 0.2) is 0 Å². The van der Waals surface area contributed by atoms with E-state index < -0.39 is 15.8 Å². The average molecular weight is 281 g/mol. The number of phenols is 1. The molecule has 4 nitrogen and oxygen atoms in total. The number of rotatable bonds is 3. The van der Waals surface area contributed by atoms with Crippen LogP contribution >= 0.6 is 0 Å². The molecular weight excluding hydrogens is 269 g/mol. The van der Waals surface area contributed by atoms with Gasteiger partial charge in [-0.25, -0.2) is 12.8 Å². The monoisotopic (exact) mass is 281 g/mol. The molecule has 19 heavy (non-hydrogen) atoms. The van der Waals surface area contributed by atoms with Crippen molar-refractivity contribution in [2.75, 3.05) is 11.0 Å². The van der Waals surface area contributed by atoms with Crippen molar-refractivity contribution >= 4 is 15.7 Å². The van der Waals surface area contributed by atoms with Gasteiger partial charge in [0.2, 0.25) is 10.0 Å². The lowest BCUT2D eigenvalue weighted by atomic mass is 10.0. The van der Waals surface area contributed by atoms with Crippen LogP contribution in [0.2, 0.25) is 0 Å². The number of sulfonamides is 1. The Balaban J connectivity index is 2.43. The Labute approximate surface area is 110 Å². The summed E-state index contributed by atoms with van der Waals surface area (Å²) in [6.07, 6.45) is 1.05. The zero-order valence-corrected chi connectivity index (χ0v) is 10.9. The third kappa shape index (κ3) is 3.69. The van der Waals surface area contributed by atoms with Gasteiger partial charge in [-0.15, -0.1) is 0 Å². The van der Waals surface area contributed by atoms with Gasteiger partial charge in [-0.3, -0.25) is 4.72 Å². The number of hydrogen-bond donors (Lipinski definition) is 2. The number of aromatic hydroxyl groups is 1.